The molecule has 2 aromatic rings. The molecular weight excluding hydrogens is 739 g/mol. The Kier molecular flexibility index (Phi) is 18.1. The zero-order valence-electron chi connectivity index (χ0n) is 31.4. The predicted octanol–water partition coefficient (Wildman–Crippen LogP) is -2.45. The van der Waals surface area contributed by atoms with Crippen molar-refractivity contribution >= 4 is 70.9 Å². The lowest BCUT2D eigenvalue weighted by Crippen LogP contribution is -2.61. The maximum atomic E-state index is 13.9. The van der Waals surface area contributed by atoms with Gasteiger partial charge in [-0.25, -0.2) is 4.79 Å². The van der Waals surface area contributed by atoms with Gasteiger partial charge >= 0.3 is 5.97 Å². The van der Waals surface area contributed by atoms with Gasteiger partial charge in [0.15, 0.2) is 0 Å². The fourth-order valence-electron chi connectivity index (χ4n) is 5.33. The normalized spacial score (nSPS) is 15.1. The number of carboxylic acid groups (broad SMARTS) is 1. The van der Waals surface area contributed by atoms with Gasteiger partial charge in [-0.2, -0.15) is 12.6 Å². The number of H-pyrrole nitrogens is 1. The van der Waals surface area contributed by atoms with Crippen molar-refractivity contribution in [2.45, 2.75) is 96.2 Å². The molecule has 13 N–H and O–H groups in total. The Labute approximate surface area is 323 Å². The van der Waals surface area contributed by atoms with Crippen molar-refractivity contribution in [1.82, 2.24) is 36.9 Å². The van der Waals surface area contributed by atoms with Gasteiger partial charge in [-0.1, -0.05) is 45.9 Å². The number of primary amides is 1. The molecule has 20 heteroatoms. The third-order valence-corrected chi connectivity index (χ3v) is 8.99. The van der Waals surface area contributed by atoms with Gasteiger partial charge in [0, 0.05) is 35.7 Å². The Morgan fingerprint density at radius 2 is 1.27 bits per heavy atom. The van der Waals surface area contributed by atoms with Gasteiger partial charge in [0.1, 0.15) is 42.3 Å². The van der Waals surface area contributed by atoms with E-state index in [0.29, 0.717) is 5.56 Å². The summed E-state index contributed by atoms with van der Waals surface area (Å²) in [7, 11) is 0. The van der Waals surface area contributed by atoms with Crippen molar-refractivity contribution in [1.29, 1.82) is 0 Å². The molecule has 0 fully saturated rings. The summed E-state index contributed by atoms with van der Waals surface area (Å²) in [6.45, 7) is 7.10. The number of nitrogens with two attached hydrogens (primary N) is 2. The molecule has 1 aromatic heterocycles. The standard InChI is InChI=1S/C35H53N9O10S/c1-16(2)27(43-30(48)21(36)14-45)34(52)40-23(10-11-26(37)46)31(49)41-24(12-19-13-38-22-9-7-6-8-20(19)22)32(50)42-25(15-55)33(51)39-18(5)29(47)44-28(17(3)4)35(53)54/h6-9,13,16-18,21,23-25,27-28,38,45,55H,10-12,14-15,36H2,1-5H3,(H2,37,46)(H,39,51)(H,40,52)(H,41,49)(H,42,50)(H,43,48)(H,44,47)(H,53,54). The van der Waals surface area contributed by atoms with Gasteiger partial charge in [0.05, 0.1) is 6.61 Å². The summed E-state index contributed by atoms with van der Waals surface area (Å²) in [5.41, 5.74) is 12.3. The zero-order valence-corrected chi connectivity index (χ0v) is 32.3. The number of hydrogen-bond donors (Lipinski definition) is 12. The number of carboxylic acids is 1. The Bertz CT molecular complexity index is 1700. The molecule has 0 saturated heterocycles. The van der Waals surface area contributed by atoms with E-state index in [2.05, 4.69) is 49.5 Å². The first kappa shape index (κ1) is 45.9. The Balaban J connectivity index is 2.38. The molecule has 0 aliphatic carbocycles. The smallest absolute Gasteiger partial charge is 0.326 e. The number of fused-ring (bicyclic) bond motifs is 1. The van der Waals surface area contributed by atoms with Gasteiger partial charge in [-0.05, 0) is 36.8 Å². The summed E-state index contributed by atoms with van der Waals surface area (Å²) in [5, 5.41) is 34.3. The molecule has 2 rings (SSSR count). The second kappa shape index (κ2) is 21.6. The Morgan fingerprint density at radius 3 is 1.84 bits per heavy atom. The minimum absolute atomic E-state index is 0.118. The number of nitrogens with one attached hydrogen (secondary N) is 7. The van der Waals surface area contributed by atoms with Crippen LogP contribution in [-0.2, 0) is 44.8 Å². The van der Waals surface area contributed by atoms with E-state index in [4.69, 9.17) is 11.5 Å². The first-order valence-electron chi connectivity index (χ1n) is 17.7. The van der Waals surface area contributed by atoms with Crippen LogP contribution in [0.5, 0.6) is 0 Å². The van der Waals surface area contributed by atoms with Crippen molar-refractivity contribution in [3.05, 3.63) is 36.0 Å². The highest BCUT2D eigenvalue weighted by Gasteiger charge is 2.34. The number of hydrogen-bond acceptors (Lipinski definition) is 11. The SMILES string of the molecule is CC(NC(=O)C(CS)NC(=O)C(Cc1c[nH]c2ccccc12)NC(=O)C(CCC(N)=O)NC(=O)C(NC(=O)C(N)CO)C(C)C)C(=O)NC(C(=O)O)C(C)C. The zero-order chi connectivity index (χ0) is 41.6. The molecule has 7 atom stereocenters. The van der Waals surface area contributed by atoms with Crippen molar-refractivity contribution in [2.24, 2.45) is 23.3 Å². The molecule has 0 aliphatic heterocycles. The molecule has 7 unspecified atom stereocenters. The molecule has 0 spiro atoms. The summed E-state index contributed by atoms with van der Waals surface area (Å²) in [4.78, 5) is 106. The minimum Gasteiger partial charge on any atom is -0.480 e. The molecule has 19 nitrogen and oxygen atoms in total. The molecule has 0 radical (unpaired) electrons. The second-order valence-corrected chi connectivity index (χ2v) is 14.1. The number of para-hydroxylation sites is 1. The summed E-state index contributed by atoms with van der Waals surface area (Å²) in [6, 6.07) is -1.93. The predicted molar refractivity (Wildman–Crippen MR) is 204 cm³/mol. The van der Waals surface area contributed by atoms with E-state index >= 15 is 0 Å². The fraction of sp³-hybridized carbons (Fsp3) is 0.543. The number of thiol groups is 1. The highest BCUT2D eigenvalue weighted by atomic mass is 32.1. The maximum Gasteiger partial charge on any atom is 0.326 e. The number of carbonyl (C=O) groups is 8. The van der Waals surface area contributed by atoms with Crippen molar-refractivity contribution in [2.75, 3.05) is 12.4 Å². The van der Waals surface area contributed by atoms with E-state index in [1.165, 1.54) is 6.92 Å². The Morgan fingerprint density at radius 1 is 0.727 bits per heavy atom. The molecule has 304 valence electrons. The number of carbonyl (C=O) groups excluding carboxylic acids is 7. The summed E-state index contributed by atoms with van der Waals surface area (Å²) >= 11 is 4.19. The topological polar surface area (TPSA) is 317 Å². The number of aliphatic carboxylic acids is 1. The molecule has 1 aromatic carbocycles. The third kappa shape index (κ3) is 13.9. The van der Waals surface area contributed by atoms with Crippen LogP contribution >= 0.6 is 12.6 Å². The van der Waals surface area contributed by atoms with Crippen LogP contribution in [0.3, 0.4) is 0 Å². The van der Waals surface area contributed by atoms with E-state index in [1.807, 2.05) is 0 Å². The number of amides is 7. The quantitative estimate of drug-likeness (QED) is 0.0556. The lowest BCUT2D eigenvalue weighted by Gasteiger charge is -2.28. The number of benzene rings is 1. The third-order valence-electron chi connectivity index (χ3n) is 8.62. The van der Waals surface area contributed by atoms with E-state index in [9.17, 15) is 48.6 Å². The van der Waals surface area contributed by atoms with Gasteiger partial charge in [-0.3, -0.25) is 33.6 Å². The number of aromatic nitrogens is 1. The van der Waals surface area contributed by atoms with Gasteiger partial charge in [0.25, 0.3) is 0 Å². The summed E-state index contributed by atoms with van der Waals surface area (Å²) in [5.74, 6) is -8.22. The molecule has 0 saturated carbocycles. The average Bonchev–Trinajstić information content (AvgIpc) is 3.54. The van der Waals surface area contributed by atoms with Crippen LogP contribution in [0, 0.1) is 11.8 Å². The molecule has 0 aliphatic rings. The van der Waals surface area contributed by atoms with E-state index in [0.717, 1.165) is 10.9 Å². The molecule has 55 heavy (non-hydrogen) atoms. The van der Waals surface area contributed by atoms with E-state index in [1.54, 1.807) is 58.2 Å². The van der Waals surface area contributed by atoms with Crippen LogP contribution in [0.4, 0.5) is 0 Å². The van der Waals surface area contributed by atoms with Crippen LogP contribution in [0.25, 0.3) is 10.9 Å². The lowest BCUT2D eigenvalue weighted by atomic mass is 10.0. The Hall–Kier alpha value is -5.21. The van der Waals surface area contributed by atoms with Crippen LogP contribution in [0.15, 0.2) is 30.5 Å². The second-order valence-electron chi connectivity index (χ2n) is 13.8. The van der Waals surface area contributed by atoms with Crippen LogP contribution in [0.1, 0.15) is 53.0 Å². The van der Waals surface area contributed by atoms with Crippen molar-refractivity contribution < 1.29 is 48.6 Å². The first-order chi connectivity index (χ1) is 25.8. The maximum absolute atomic E-state index is 13.9. The fourth-order valence-corrected chi connectivity index (χ4v) is 5.59. The summed E-state index contributed by atoms with van der Waals surface area (Å²) < 4.78 is 0. The number of rotatable bonds is 22. The van der Waals surface area contributed by atoms with Crippen molar-refractivity contribution in [3.63, 3.8) is 0 Å². The van der Waals surface area contributed by atoms with Gasteiger partial charge < -0.3 is 58.6 Å². The number of aliphatic hydroxyl groups is 1. The van der Waals surface area contributed by atoms with Crippen molar-refractivity contribution in [3.8, 4) is 0 Å². The molecule has 1 heterocycles. The minimum atomic E-state index is -1.44. The van der Waals surface area contributed by atoms with Gasteiger partial charge in [-0.15, -0.1) is 0 Å². The number of aromatic amines is 1. The monoisotopic (exact) mass is 791 g/mol. The highest BCUT2D eigenvalue weighted by molar-refractivity contribution is 7.80. The molecule has 7 amide bonds. The van der Waals surface area contributed by atoms with Crippen LogP contribution in [0.2, 0.25) is 0 Å². The number of aliphatic hydroxyl groups excluding tert-OH is 1. The first-order valence-corrected chi connectivity index (χ1v) is 18.3. The molecular formula is C35H53N9O10S. The van der Waals surface area contributed by atoms with E-state index in [-0.39, 0.29) is 25.0 Å². The molecule has 0 bridgehead atoms. The average molecular weight is 792 g/mol. The summed E-state index contributed by atoms with van der Waals surface area (Å²) in [6.07, 6.45) is 0.891. The van der Waals surface area contributed by atoms with Crippen LogP contribution in [-0.4, -0.2) is 117 Å². The largest absolute Gasteiger partial charge is 0.480 e. The lowest BCUT2D eigenvalue weighted by molar-refractivity contribution is -0.143. The van der Waals surface area contributed by atoms with E-state index < -0.39 is 108 Å². The van der Waals surface area contributed by atoms with Gasteiger partial charge in [0.2, 0.25) is 41.4 Å². The highest BCUT2D eigenvalue weighted by Crippen LogP contribution is 2.19. The van der Waals surface area contributed by atoms with Crippen LogP contribution < -0.4 is 43.4 Å².